The van der Waals surface area contributed by atoms with Gasteiger partial charge >= 0.3 is 0 Å². The fraction of sp³-hybridized carbons (Fsp3) is 0.900. The Bertz CT molecular complexity index is 143. The topological polar surface area (TPSA) is 38.8 Å². The molecule has 0 aliphatic heterocycles. The normalized spacial score (nSPS) is 9.73. The van der Waals surface area contributed by atoms with Crippen molar-refractivity contribution >= 4 is 5.78 Å². The molecule has 15 heavy (non-hydrogen) atoms. The summed E-state index contributed by atoms with van der Waals surface area (Å²) in [5.41, 5.74) is 0. The van der Waals surface area contributed by atoms with E-state index in [0.29, 0.717) is 24.9 Å². The monoisotopic (exact) mass is 223 g/mol. The summed E-state index contributed by atoms with van der Waals surface area (Å²) in [5.74, 6) is -0.0107. The van der Waals surface area contributed by atoms with Gasteiger partial charge < -0.3 is 9.47 Å². The zero-order valence-electron chi connectivity index (χ0n) is 10.1. The number of hydrogen-bond acceptors (Lipinski definition) is 4. The molecule has 0 heterocycles. The van der Waals surface area contributed by atoms with Gasteiger partial charge in [-0.25, -0.2) is 0 Å². The molecule has 0 aliphatic rings. The number of carbonyl (C=O) groups is 1. The number of Topliss-reactive ketones (excluding diaryl/α,β-unsaturated/α-hetero) is 1. The van der Waals surface area contributed by atoms with E-state index in [1.165, 1.54) is 14.0 Å². The molecule has 0 aliphatic carbocycles. The maximum atomic E-state index is 12.1. The molecular weight excluding hydrogens is 201 g/mol. The minimum Gasteiger partial charge on any atom is -0.378 e. The Balaban J connectivity index is 0. The average molecular weight is 223 g/mol. The first-order chi connectivity index (χ1) is 7.13. The predicted molar refractivity (Wildman–Crippen MR) is 57.4 cm³/mol. The van der Waals surface area contributed by atoms with Crippen molar-refractivity contribution in [1.82, 2.24) is 5.12 Å². The molecule has 0 spiro atoms. The highest BCUT2D eigenvalue weighted by Crippen LogP contribution is 1.83. The number of halogens is 1. The van der Waals surface area contributed by atoms with Gasteiger partial charge in [0.1, 0.15) is 6.61 Å². The van der Waals surface area contributed by atoms with Crippen molar-refractivity contribution in [2.45, 2.75) is 20.8 Å². The van der Waals surface area contributed by atoms with Gasteiger partial charge in [0.25, 0.3) is 0 Å². The molecule has 4 nitrogen and oxygen atoms in total. The van der Waals surface area contributed by atoms with Gasteiger partial charge in [-0.15, -0.1) is 9.60 Å². The van der Waals surface area contributed by atoms with Crippen molar-refractivity contribution in [1.29, 1.82) is 0 Å². The molecule has 0 aromatic carbocycles. The van der Waals surface area contributed by atoms with Gasteiger partial charge in [-0.05, 0) is 6.92 Å². The van der Waals surface area contributed by atoms with Gasteiger partial charge in [0.05, 0.1) is 26.4 Å². The molecule has 0 rings (SSSR count). The highest BCUT2D eigenvalue weighted by Gasteiger charge is 1.95. The van der Waals surface area contributed by atoms with Crippen LogP contribution in [0.1, 0.15) is 20.8 Å². The van der Waals surface area contributed by atoms with E-state index in [4.69, 9.17) is 9.47 Å². The average Bonchev–Trinajstić information content (AvgIpc) is 2.18. The van der Waals surface area contributed by atoms with Crippen molar-refractivity contribution < 1.29 is 18.7 Å². The summed E-state index contributed by atoms with van der Waals surface area (Å²) in [6.07, 6.45) is 0. The van der Waals surface area contributed by atoms with Gasteiger partial charge in [-0.1, -0.05) is 13.8 Å². The summed E-state index contributed by atoms with van der Waals surface area (Å²) >= 11 is 0. The van der Waals surface area contributed by atoms with Crippen LogP contribution >= 0.6 is 0 Å². The van der Waals surface area contributed by atoms with Crippen LogP contribution in [-0.4, -0.2) is 50.9 Å². The molecular formula is C10H22FNO3. The van der Waals surface area contributed by atoms with E-state index in [9.17, 15) is 9.28 Å². The van der Waals surface area contributed by atoms with Gasteiger partial charge in [-0.3, -0.25) is 4.79 Å². The highest BCUT2D eigenvalue weighted by molar-refractivity contribution is 5.76. The van der Waals surface area contributed by atoms with E-state index in [1.807, 2.05) is 13.8 Å². The van der Waals surface area contributed by atoms with Gasteiger partial charge in [0.15, 0.2) is 5.78 Å². The first-order valence-electron chi connectivity index (χ1n) is 5.14. The van der Waals surface area contributed by atoms with Crippen molar-refractivity contribution in [3.63, 3.8) is 0 Å². The Morgan fingerprint density at radius 3 is 2.20 bits per heavy atom. The molecule has 0 saturated carbocycles. The molecule has 0 aromatic heterocycles. The molecule has 92 valence electrons. The first-order valence-corrected chi connectivity index (χ1v) is 5.14. The second-order valence-electron chi connectivity index (χ2n) is 2.70. The summed E-state index contributed by atoms with van der Waals surface area (Å²) < 4.78 is 22.0. The molecule has 0 atom stereocenters. The minimum absolute atomic E-state index is 0.0107. The number of hydrogen-bond donors (Lipinski definition) is 0. The number of ketones is 1. The summed E-state index contributed by atoms with van der Waals surface area (Å²) in [4.78, 5) is 10.4. The fourth-order valence-electron chi connectivity index (χ4n) is 0.626. The summed E-state index contributed by atoms with van der Waals surface area (Å²) in [7, 11) is 1.33. The largest absolute Gasteiger partial charge is 0.378 e. The van der Waals surface area contributed by atoms with Crippen LogP contribution in [0.5, 0.6) is 0 Å². The third-order valence-corrected chi connectivity index (χ3v) is 1.22. The van der Waals surface area contributed by atoms with Crippen LogP contribution in [-0.2, 0) is 14.3 Å². The van der Waals surface area contributed by atoms with Crippen molar-refractivity contribution in [3.8, 4) is 0 Å². The third kappa shape index (κ3) is 19.8. The number of ether oxygens (including phenoxy) is 2. The Morgan fingerprint density at radius 2 is 1.73 bits per heavy atom. The zero-order valence-corrected chi connectivity index (χ0v) is 10.1. The lowest BCUT2D eigenvalue weighted by atomic mass is 10.5. The predicted octanol–water partition coefficient (Wildman–Crippen LogP) is 1.45. The van der Waals surface area contributed by atoms with E-state index < -0.39 is 0 Å². The SMILES string of the molecule is CC.CC(=O)COCCOCCN(C)F. The molecule has 0 fully saturated rings. The van der Waals surface area contributed by atoms with Crippen LogP contribution in [0, 0.1) is 0 Å². The van der Waals surface area contributed by atoms with Crippen LogP contribution in [0.25, 0.3) is 0 Å². The maximum absolute atomic E-state index is 12.1. The third-order valence-electron chi connectivity index (χ3n) is 1.22. The lowest BCUT2D eigenvalue weighted by Crippen LogP contribution is -2.16. The molecule has 0 radical (unpaired) electrons. The second kappa shape index (κ2) is 13.5. The standard InChI is InChI=1S/C8H16FNO3.C2H6/c1-8(11)7-13-6-5-12-4-3-10(2)9;1-2/h3-7H2,1-2H3;1-2H3. The molecule has 0 amide bonds. The van der Waals surface area contributed by atoms with Crippen molar-refractivity contribution in [3.05, 3.63) is 0 Å². The summed E-state index contributed by atoms with van der Waals surface area (Å²) in [6.45, 7) is 6.91. The van der Waals surface area contributed by atoms with E-state index in [-0.39, 0.29) is 18.9 Å². The Morgan fingerprint density at radius 1 is 1.20 bits per heavy atom. The smallest absolute Gasteiger partial charge is 0.155 e. The molecule has 0 N–H and O–H groups in total. The lowest BCUT2D eigenvalue weighted by molar-refractivity contribution is -0.122. The van der Waals surface area contributed by atoms with E-state index >= 15 is 0 Å². The van der Waals surface area contributed by atoms with Crippen molar-refractivity contribution in [2.24, 2.45) is 0 Å². The Kier molecular flexibility index (Phi) is 15.2. The number of nitrogens with zero attached hydrogens (tertiary/aromatic N) is 1. The van der Waals surface area contributed by atoms with Gasteiger partial charge in [0, 0.05) is 7.05 Å². The quantitative estimate of drug-likeness (QED) is 0.461. The number of carbonyl (C=O) groups excluding carboxylic acids is 1. The number of rotatable bonds is 8. The van der Waals surface area contributed by atoms with Gasteiger partial charge in [-0.2, -0.15) is 0 Å². The highest BCUT2D eigenvalue weighted by atomic mass is 19.2. The van der Waals surface area contributed by atoms with Crippen LogP contribution < -0.4 is 0 Å². The minimum atomic E-state index is -0.0107. The molecule has 0 unspecified atom stereocenters. The van der Waals surface area contributed by atoms with Crippen molar-refractivity contribution in [2.75, 3.05) is 40.0 Å². The number of likely N-dealkylation sites (N-methyl/N-ethyl adjacent to an activating group) is 1. The fourth-order valence-corrected chi connectivity index (χ4v) is 0.626. The van der Waals surface area contributed by atoms with E-state index in [1.54, 1.807) is 0 Å². The zero-order chi connectivity index (χ0) is 12.1. The Labute approximate surface area is 91.3 Å². The maximum Gasteiger partial charge on any atom is 0.155 e. The summed E-state index contributed by atoms with van der Waals surface area (Å²) in [6, 6.07) is 0. The second-order valence-corrected chi connectivity index (χ2v) is 2.70. The summed E-state index contributed by atoms with van der Waals surface area (Å²) in [5, 5.41) is 0.552. The van der Waals surface area contributed by atoms with Crippen LogP contribution in [0.15, 0.2) is 0 Å². The molecule has 5 heteroatoms. The first kappa shape index (κ1) is 16.9. The molecule has 0 bridgehead atoms. The molecule has 0 saturated heterocycles. The van der Waals surface area contributed by atoms with Crippen LogP contribution in [0.2, 0.25) is 0 Å². The van der Waals surface area contributed by atoms with E-state index in [0.717, 1.165) is 0 Å². The van der Waals surface area contributed by atoms with Crippen LogP contribution in [0.3, 0.4) is 0 Å². The van der Waals surface area contributed by atoms with E-state index in [2.05, 4.69) is 0 Å². The molecule has 0 aromatic rings. The van der Waals surface area contributed by atoms with Gasteiger partial charge in [0.2, 0.25) is 0 Å². The lowest BCUT2D eigenvalue weighted by Gasteiger charge is -2.06. The van der Waals surface area contributed by atoms with Crippen LogP contribution in [0.4, 0.5) is 4.48 Å². The Hall–Kier alpha value is -0.520.